The van der Waals surface area contributed by atoms with Gasteiger partial charge in [-0.3, -0.25) is 4.98 Å². The third-order valence-corrected chi connectivity index (χ3v) is 7.60. The first kappa shape index (κ1) is 23.4. The Morgan fingerprint density at radius 1 is 1.19 bits per heavy atom. The van der Waals surface area contributed by atoms with Gasteiger partial charge >= 0.3 is 6.09 Å². The number of amides is 1. The van der Waals surface area contributed by atoms with E-state index in [9.17, 15) is 4.79 Å². The maximum atomic E-state index is 12.9. The minimum atomic E-state index is -0.490. The number of ether oxygens (including phenoxy) is 4. The number of pyridine rings is 1. The van der Waals surface area contributed by atoms with Crippen LogP contribution in [0.1, 0.15) is 44.1 Å². The maximum Gasteiger partial charge on any atom is 0.417 e. The molecule has 2 aliphatic carbocycles. The molecule has 0 N–H and O–H groups in total. The highest BCUT2D eigenvalue weighted by Crippen LogP contribution is 2.42. The van der Waals surface area contributed by atoms with E-state index in [0.717, 1.165) is 66.3 Å². The molecular weight excluding hydrogens is 468 g/mol. The summed E-state index contributed by atoms with van der Waals surface area (Å²) < 4.78 is 23.0. The SMILES string of the molecule is COc1ccc2nccc(/C=C\C3CCC4(CC3)CN(C3=COC=C(C5=CC=CCC5)O3)C(=O)O4)c2c1. The van der Waals surface area contributed by atoms with Crippen molar-refractivity contribution in [1.82, 2.24) is 9.88 Å². The first-order chi connectivity index (χ1) is 18.1. The van der Waals surface area contributed by atoms with Gasteiger partial charge in [0.25, 0.3) is 0 Å². The van der Waals surface area contributed by atoms with Crippen molar-refractivity contribution in [3.63, 3.8) is 0 Å². The number of benzene rings is 1. The molecule has 37 heavy (non-hydrogen) atoms. The number of carbonyl (C=O) groups is 1. The molecule has 1 aromatic heterocycles. The number of allylic oxidation sites excluding steroid dienone is 5. The van der Waals surface area contributed by atoms with Crippen LogP contribution in [0.3, 0.4) is 0 Å². The van der Waals surface area contributed by atoms with Crippen molar-refractivity contribution in [2.24, 2.45) is 5.92 Å². The quantitative estimate of drug-likeness (QED) is 0.463. The maximum absolute atomic E-state index is 12.9. The van der Waals surface area contributed by atoms with E-state index < -0.39 is 5.60 Å². The molecule has 7 nitrogen and oxygen atoms in total. The van der Waals surface area contributed by atoms with Crippen LogP contribution in [0.2, 0.25) is 0 Å². The molecule has 6 rings (SSSR count). The average molecular weight is 499 g/mol. The van der Waals surface area contributed by atoms with Gasteiger partial charge in [-0.05, 0) is 79.8 Å². The van der Waals surface area contributed by atoms with E-state index in [4.69, 9.17) is 18.9 Å². The second-order valence-corrected chi connectivity index (χ2v) is 9.95. The van der Waals surface area contributed by atoms with Crippen LogP contribution >= 0.6 is 0 Å². The van der Waals surface area contributed by atoms with Crippen LogP contribution < -0.4 is 4.74 Å². The van der Waals surface area contributed by atoms with Gasteiger partial charge in [0.2, 0.25) is 5.88 Å². The monoisotopic (exact) mass is 498 g/mol. The van der Waals surface area contributed by atoms with Gasteiger partial charge in [-0.25, -0.2) is 9.69 Å². The fourth-order valence-electron chi connectivity index (χ4n) is 5.45. The van der Waals surface area contributed by atoms with Gasteiger partial charge in [-0.2, -0.15) is 0 Å². The predicted molar refractivity (Wildman–Crippen MR) is 140 cm³/mol. The highest BCUT2D eigenvalue weighted by atomic mass is 16.6. The van der Waals surface area contributed by atoms with Crippen molar-refractivity contribution >= 4 is 23.1 Å². The summed E-state index contributed by atoms with van der Waals surface area (Å²) in [6.07, 6.45) is 20.5. The molecule has 1 amide bonds. The largest absolute Gasteiger partial charge is 0.497 e. The van der Waals surface area contributed by atoms with E-state index in [1.54, 1.807) is 18.3 Å². The van der Waals surface area contributed by atoms with E-state index in [2.05, 4.69) is 23.2 Å². The average Bonchev–Trinajstić information content (AvgIpc) is 3.28. The summed E-state index contributed by atoms with van der Waals surface area (Å²) in [5, 5.41) is 1.07. The molecular formula is C30H30N2O5. The zero-order valence-electron chi connectivity index (χ0n) is 20.9. The zero-order chi connectivity index (χ0) is 25.2. The molecule has 0 unspecified atom stereocenters. The summed E-state index contributed by atoms with van der Waals surface area (Å²) in [5.74, 6) is 2.27. The first-order valence-corrected chi connectivity index (χ1v) is 12.8. The van der Waals surface area contributed by atoms with Crippen LogP contribution in [0.5, 0.6) is 5.75 Å². The van der Waals surface area contributed by atoms with Crippen molar-refractivity contribution in [3.8, 4) is 5.75 Å². The molecule has 2 aliphatic heterocycles. The Morgan fingerprint density at radius 3 is 2.89 bits per heavy atom. The lowest BCUT2D eigenvalue weighted by atomic mass is 9.78. The third-order valence-electron chi connectivity index (χ3n) is 7.60. The lowest BCUT2D eigenvalue weighted by molar-refractivity contribution is 0.0183. The second-order valence-electron chi connectivity index (χ2n) is 9.95. The normalized spacial score (nSPS) is 25.4. The molecule has 1 saturated heterocycles. The van der Waals surface area contributed by atoms with E-state index in [-0.39, 0.29) is 6.09 Å². The summed E-state index contributed by atoms with van der Waals surface area (Å²) in [7, 11) is 1.67. The number of methoxy groups -OCH3 is 1. The Labute approximate surface area is 216 Å². The fourth-order valence-corrected chi connectivity index (χ4v) is 5.45. The topological polar surface area (TPSA) is 70.1 Å². The van der Waals surface area contributed by atoms with Crippen molar-refractivity contribution in [3.05, 3.63) is 90.1 Å². The standard InChI is InChI=1S/C30H30N2O5/c1-34-24-9-10-26-25(17-24)22(13-16-31-26)8-7-21-11-14-30(15-12-21)20-32(29(33)37-30)28-19-35-18-27(36-28)23-5-3-2-4-6-23/h2-3,5,7-10,13,16-19,21H,4,6,11-12,14-15,20H2,1H3/b8-7-. The second kappa shape index (κ2) is 9.81. The van der Waals surface area contributed by atoms with Crippen LogP contribution in [0.4, 0.5) is 4.79 Å². The van der Waals surface area contributed by atoms with Crippen molar-refractivity contribution in [1.29, 1.82) is 0 Å². The number of rotatable bonds is 5. The van der Waals surface area contributed by atoms with Crippen molar-refractivity contribution < 1.29 is 23.7 Å². The Bertz CT molecular complexity index is 1360. The number of aromatic nitrogens is 1. The lowest BCUT2D eigenvalue weighted by Gasteiger charge is -2.34. The highest BCUT2D eigenvalue weighted by Gasteiger charge is 2.49. The minimum Gasteiger partial charge on any atom is -0.497 e. The first-order valence-electron chi connectivity index (χ1n) is 12.8. The molecule has 1 saturated carbocycles. The van der Waals surface area contributed by atoms with Gasteiger partial charge in [0.05, 0.1) is 19.2 Å². The van der Waals surface area contributed by atoms with Crippen LogP contribution in [0.25, 0.3) is 17.0 Å². The Balaban J connectivity index is 1.09. The molecule has 3 heterocycles. The molecule has 0 radical (unpaired) electrons. The molecule has 0 bridgehead atoms. The minimum absolute atomic E-state index is 0.375. The Kier molecular flexibility index (Phi) is 6.20. The van der Waals surface area contributed by atoms with Gasteiger partial charge in [0.1, 0.15) is 17.6 Å². The van der Waals surface area contributed by atoms with Gasteiger partial charge < -0.3 is 18.9 Å². The third kappa shape index (κ3) is 4.73. The summed E-state index contributed by atoms with van der Waals surface area (Å²) in [6.45, 7) is 0.471. The van der Waals surface area contributed by atoms with E-state index in [0.29, 0.717) is 24.1 Å². The molecule has 7 heteroatoms. The predicted octanol–water partition coefficient (Wildman–Crippen LogP) is 6.60. The van der Waals surface area contributed by atoms with E-state index in [1.165, 1.54) is 6.26 Å². The number of hydrogen-bond donors (Lipinski definition) is 0. The van der Waals surface area contributed by atoms with Gasteiger partial charge in [-0.15, -0.1) is 0 Å². The summed E-state index contributed by atoms with van der Waals surface area (Å²) >= 11 is 0. The molecule has 2 aromatic rings. The highest BCUT2D eigenvalue weighted by molar-refractivity contribution is 5.88. The summed E-state index contributed by atoms with van der Waals surface area (Å²) in [6, 6.07) is 7.96. The fraction of sp³-hybridized carbons (Fsp3) is 0.333. The number of fused-ring (bicyclic) bond motifs is 1. The van der Waals surface area contributed by atoms with Crippen molar-refractivity contribution in [2.75, 3.05) is 13.7 Å². The molecule has 4 aliphatic rings. The number of hydrogen-bond acceptors (Lipinski definition) is 6. The van der Waals surface area contributed by atoms with Gasteiger partial charge in [0, 0.05) is 11.6 Å². The van der Waals surface area contributed by atoms with E-state index >= 15 is 0 Å². The van der Waals surface area contributed by atoms with Crippen LogP contribution in [-0.4, -0.2) is 35.2 Å². The number of carbonyl (C=O) groups excluding carboxylic acids is 1. The molecule has 190 valence electrons. The molecule has 1 aromatic carbocycles. The lowest BCUT2D eigenvalue weighted by Crippen LogP contribution is -2.38. The van der Waals surface area contributed by atoms with Crippen LogP contribution in [-0.2, 0) is 14.2 Å². The smallest absolute Gasteiger partial charge is 0.417 e. The van der Waals surface area contributed by atoms with Crippen molar-refractivity contribution in [2.45, 2.75) is 44.1 Å². The van der Waals surface area contributed by atoms with E-state index in [1.807, 2.05) is 42.6 Å². The van der Waals surface area contributed by atoms with Gasteiger partial charge in [0.15, 0.2) is 12.0 Å². The molecule has 2 fully saturated rings. The van der Waals surface area contributed by atoms with Crippen LogP contribution in [0.15, 0.2) is 84.5 Å². The summed E-state index contributed by atoms with van der Waals surface area (Å²) in [5.41, 5.74) is 2.64. The Morgan fingerprint density at radius 2 is 2.08 bits per heavy atom. The van der Waals surface area contributed by atoms with Gasteiger partial charge in [-0.1, -0.05) is 30.4 Å². The van der Waals surface area contributed by atoms with Crippen LogP contribution in [0, 0.1) is 5.92 Å². The molecule has 1 spiro atoms. The zero-order valence-corrected chi connectivity index (χ0v) is 20.9. The molecule has 0 atom stereocenters. The Hall–Kier alpha value is -4.00. The summed E-state index contributed by atoms with van der Waals surface area (Å²) in [4.78, 5) is 18.9. The number of nitrogens with zero attached hydrogens (tertiary/aromatic N) is 2.